The van der Waals surface area contributed by atoms with Gasteiger partial charge in [-0.05, 0) is 29.0 Å². The summed E-state index contributed by atoms with van der Waals surface area (Å²) in [6.45, 7) is 2.01. The largest absolute Gasteiger partial charge is 0.480 e. The summed E-state index contributed by atoms with van der Waals surface area (Å²) < 4.78 is 1.35. The smallest absolute Gasteiger partial charge is 0.328 e. The molecule has 1 unspecified atom stereocenters. The third-order valence-corrected chi connectivity index (χ3v) is 3.05. The van der Waals surface area contributed by atoms with E-state index < -0.39 is 12.0 Å². The Balaban J connectivity index is 2.38. The van der Waals surface area contributed by atoms with Gasteiger partial charge in [0.25, 0.3) is 0 Å². The van der Waals surface area contributed by atoms with E-state index in [9.17, 15) is 9.90 Å². The van der Waals surface area contributed by atoms with Gasteiger partial charge in [-0.1, -0.05) is 31.9 Å². The van der Waals surface area contributed by atoms with Gasteiger partial charge < -0.3 is 10.8 Å². The number of aromatic nitrogens is 4. The Bertz CT molecular complexity index is 596. The number of carbonyl (C=O) groups is 1. The molecule has 0 amide bonds. The Morgan fingerprint density at radius 3 is 2.95 bits per heavy atom. The van der Waals surface area contributed by atoms with Crippen LogP contribution in [-0.4, -0.2) is 31.3 Å². The highest BCUT2D eigenvalue weighted by Crippen LogP contribution is 2.23. The predicted molar refractivity (Wildman–Crippen MR) is 73.9 cm³/mol. The van der Waals surface area contributed by atoms with E-state index in [0.29, 0.717) is 23.5 Å². The molecule has 0 aliphatic carbocycles. The minimum absolute atomic E-state index is 0.417. The molecule has 0 aliphatic heterocycles. The van der Waals surface area contributed by atoms with Crippen LogP contribution < -0.4 is 5.73 Å². The second-order valence-electron chi connectivity index (χ2n) is 4.57. The van der Waals surface area contributed by atoms with Gasteiger partial charge in [-0.15, -0.1) is 5.10 Å². The molecule has 7 heteroatoms. The maximum atomic E-state index is 11.4. The molecule has 7 nitrogen and oxygen atoms in total. The van der Waals surface area contributed by atoms with Crippen LogP contribution in [0.2, 0.25) is 0 Å². The van der Waals surface area contributed by atoms with Crippen LogP contribution in [0.3, 0.4) is 0 Å². The minimum Gasteiger partial charge on any atom is -0.480 e. The lowest BCUT2D eigenvalue weighted by Gasteiger charge is -2.13. The van der Waals surface area contributed by atoms with Crippen LogP contribution in [0, 0.1) is 0 Å². The first-order valence-electron chi connectivity index (χ1n) is 6.50. The molecular formula is C13H17N5O2. The number of benzene rings is 1. The lowest BCUT2D eigenvalue weighted by molar-refractivity contribution is -0.141. The second kappa shape index (κ2) is 6.14. The SMILES string of the molecule is CCCCC(C(=O)O)n1nnnc1-c1cccc(N)c1. The zero-order valence-electron chi connectivity index (χ0n) is 11.2. The topological polar surface area (TPSA) is 107 Å². The summed E-state index contributed by atoms with van der Waals surface area (Å²) in [5.41, 5.74) is 7.02. The van der Waals surface area contributed by atoms with Crippen LogP contribution in [-0.2, 0) is 4.79 Å². The van der Waals surface area contributed by atoms with Crippen LogP contribution in [0.1, 0.15) is 32.2 Å². The molecule has 0 spiro atoms. The molecule has 3 N–H and O–H groups in total. The summed E-state index contributed by atoms with van der Waals surface area (Å²) in [5.74, 6) is -0.517. The molecule has 20 heavy (non-hydrogen) atoms. The number of unbranched alkanes of at least 4 members (excludes halogenated alkanes) is 1. The number of rotatable bonds is 6. The van der Waals surface area contributed by atoms with Gasteiger partial charge in [0.1, 0.15) is 0 Å². The van der Waals surface area contributed by atoms with E-state index in [0.717, 1.165) is 12.8 Å². The molecular weight excluding hydrogens is 258 g/mol. The van der Waals surface area contributed by atoms with E-state index in [4.69, 9.17) is 5.73 Å². The first-order valence-corrected chi connectivity index (χ1v) is 6.50. The maximum Gasteiger partial charge on any atom is 0.328 e. The summed E-state index contributed by atoms with van der Waals surface area (Å²) in [7, 11) is 0. The number of nitrogen functional groups attached to an aromatic ring is 1. The summed E-state index contributed by atoms with van der Waals surface area (Å²) in [5, 5.41) is 20.7. The van der Waals surface area contributed by atoms with E-state index in [1.165, 1.54) is 4.68 Å². The van der Waals surface area contributed by atoms with Crippen LogP contribution in [0.15, 0.2) is 24.3 Å². The number of nitrogens with two attached hydrogens (primary N) is 1. The quantitative estimate of drug-likeness (QED) is 0.777. The van der Waals surface area contributed by atoms with E-state index in [-0.39, 0.29) is 0 Å². The highest BCUT2D eigenvalue weighted by Gasteiger charge is 2.24. The van der Waals surface area contributed by atoms with Crippen molar-refractivity contribution in [3.8, 4) is 11.4 Å². The summed E-state index contributed by atoms with van der Waals surface area (Å²) in [4.78, 5) is 11.4. The van der Waals surface area contributed by atoms with E-state index >= 15 is 0 Å². The number of carboxylic acids is 1. The Morgan fingerprint density at radius 2 is 2.30 bits per heavy atom. The fourth-order valence-electron chi connectivity index (χ4n) is 2.02. The molecule has 1 aromatic carbocycles. The fraction of sp³-hybridized carbons (Fsp3) is 0.385. The number of hydrogen-bond acceptors (Lipinski definition) is 5. The van der Waals surface area contributed by atoms with Gasteiger partial charge in [-0.2, -0.15) is 0 Å². The van der Waals surface area contributed by atoms with E-state index in [1.807, 2.05) is 6.92 Å². The molecule has 2 rings (SSSR count). The zero-order valence-corrected chi connectivity index (χ0v) is 11.2. The number of hydrogen-bond donors (Lipinski definition) is 2. The van der Waals surface area contributed by atoms with Gasteiger partial charge in [0, 0.05) is 11.3 Å². The molecule has 1 atom stereocenters. The van der Waals surface area contributed by atoms with E-state index in [2.05, 4.69) is 15.5 Å². The van der Waals surface area contributed by atoms with Crippen molar-refractivity contribution < 1.29 is 9.90 Å². The Labute approximate surface area is 116 Å². The first kappa shape index (κ1) is 14.0. The number of nitrogens with zero attached hydrogens (tertiary/aromatic N) is 4. The van der Waals surface area contributed by atoms with Gasteiger partial charge in [-0.3, -0.25) is 0 Å². The van der Waals surface area contributed by atoms with Crippen molar-refractivity contribution in [2.24, 2.45) is 0 Å². The number of anilines is 1. The standard InChI is InChI=1S/C13H17N5O2/c1-2-3-7-11(13(19)20)18-12(15-16-17-18)9-5-4-6-10(14)8-9/h4-6,8,11H,2-3,7,14H2,1H3,(H,19,20). The predicted octanol–water partition coefficient (Wildman–Crippen LogP) is 1.74. The lowest BCUT2D eigenvalue weighted by atomic mass is 10.1. The molecule has 1 aromatic heterocycles. The first-order chi connectivity index (χ1) is 9.63. The van der Waals surface area contributed by atoms with Gasteiger partial charge >= 0.3 is 5.97 Å². The average molecular weight is 275 g/mol. The van der Waals surface area contributed by atoms with Gasteiger partial charge in [0.05, 0.1) is 0 Å². The van der Waals surface area contributed by atoms with Gasteiger partial charge in [0.2, 0.25) is 0 Å². The van der Waals surface area contributed by atoms with Crippen molar-refractivity contribution in [1.82, 2.24) is 20.2 Å². The van der Waals surface area contributed by atoms with Crippen molar-refractivity contribution in [2.75, 3.05) is 5.73 Å². The minimum atomic E-state index is -0.934. The van der Waals surface area contributed by atoms with E-state index in [1.54, 1.807) is 24.3 Å². The Morgan fingerprint density at radius 1 is 1.50 bits per heavy atom. The van der Waals surface area contributed by atoms with Crippen LogP contribution in [0.5, 0.6) is 0 Å². The third-order valence-electron chi connectivity index (χ3n) is 3.05. The zero-order chi connectivity index (χ0) is 14.5. The van der Waals surface area contributed by atoms with Crippen molar-refractivity contribution in [3.63, 3.8) is 0 Å². The Kier molecular flexibility index (Phi) is 4.29. The molecule has 0 radical (unpaired) electrons. The van der Waals surface area contributed by atoms with Crippen molar-refractivity contribution >= 4 is 11.7 Å². The summed E-state index contributed by atoms with van der Waals surface area (Å²) in [6.07, 6.45) is 2.21. The number of carboxylic acid groups (broad SMARTS) is 1. The molecule has 0 bridgehead atoms. The number of tetrazole rings is 1. The fourth-order valence-corrected chi connectivity index (χ4v) is 2.02. The normalized spacial score (nSPS) is 12.2. The van der Waals surface area contributed by atoms with Crippen LogP contribution >= 0.6 is 0 Å². The highest BCUT2D eigenvalue weighted by atomic mass is 16.4. The van der Waals surface area contributed by atoms with Crippen molar-refractivity contribution in [3.05, 3.63) is 24.3 Å². The molecule has 0 saturated heterocycles. The monoisotopic (exact) mass is 275 g/mol. The molecule has 0 saturated carbocycles. The average Bonchev–Trinajstić information content (AvgIpc) is 2.88. The lowest BCUT2D eigenvalue weighted by Crippen LogP contribution is -2.21. The van der Waals surface area contributed by atoms with Crippen LogP contribution in [0.4, 0.5) is 5.69 Å². The molecule has 0 fully saturated rings. The summed E-state index contributed by atoms with van der Waals surface area (Å²) >= 11 is 0. The maximum absolute atomic E-state index is 11.4. The molecule has 2 aromatic rings. The van der Waals surface area contributed by atoms with Crippen molar-refractivity contribution in [1.29, 1.82) is 0 Å². The van der Waals surface area contributed by atoms with Crippen molar-refractivity contribution in [2.45, 2.75) is 32.2 Å². The highest BCUT2D eigenvalue weighted by molar-refractivity contribution is 5.73. The summed E-state index contributed by atoms with van der Waals surface area (Å²) in [6, 6.07) is 6.30. The Hall–Kier alpha value is -2.44. The van der Waals surface area contributed by atoms with Gasteiger partial charge in [0.15, 0.2) is 11.9 Å². The van der Waals surface area contributed by atoms with Gasteiger partial charge in [-0.25, -0.2) is 9.48 Å². The molecule has 106 valence electrons. The second-order valence-corrected chi connectivity index (χ2v) is 4.57. The molecule has 0 aliphatic rings. The van der Waals surface area contributed by atoms with Crippen LogP contribution in [0.25, 0.3) is 11.4 Å². The third kappa shape index (κ3) is 2.93. The number of aliphatic carboxylic acids is 1. The molecule has 1 heterocycles.